The molecule has 0 aliphatic carbocycles. The highest BCUT2D eigenvalue weighted by atomic mass is 15.1. The minimum atomic E-state index is 0.818. The summed E-state index contributed by atoms with van der Waals surface area (Å²) in [6.07, 6.45) is 3.68. The van der Waals surface area contributed by atoms with Gasteiger partial charge < -0.3 is 10.2 Å². The molecule has 1 N–H and O–H groups in total. The van der Waals surface area contributed by atoms with Crippen LogP contribution in [0.5, 0.6) is 0 Å². The van der Waals surface area contributed by atoms with Gasteiger partial charge in [-0.25, -0.2) is 0 Å². The van der Waals surface area contributed by atoms with Gasteiger partial charge in [-0.1, -0.05) is 0 Å². The first-order valence-corrected chi connectivity index (χ1v) is 4.68. The molecule has 0 spiro atoms. The first-order valence-electron chi connectivity index (χ1n) is 4.68. The molecule has 13 heavy (non-hydrogen) atoms. The van der Waals surface area contributed by atoms with Gasteiger partial charge in [0.1, 0.15) is 0 Å². The number of rotatable bonds is 3. The molecule has 0 bridgehead atoms. The summed E-state index contributed by atoms with van der Waals surface area (Å²) in [5.41, 5.74) is 1.25. The fraction of sp³-hybridized carbons (Fsp3) is 0.500. The Morgan fingerprint density at radius 3 is 2.69 bits per heavy atom. The third kappa shape index (κ3) is 1.98. The van der Waals surface area contributed by atoms with Crippen LogP contribution in [0, 0.1) is 5.92 Å². The topological polar surface area (TPSA) is 28.2 Å². The second-order valence-electron chi connectivity index (χ2n) is 3.61. The average Bonchev–Trinajstić information content (AvgIpc) is 2.12. The molecular weight excluding hydrogens is 162 g/mol. The predicted molar refractivity (Wildman–Crippen MR) is 53.9 cm³/mol. The van der Waals surface area contributed by atoms with Crippen LogP contribution in [0.4, 0.5) is 5.69 Å². The molecule has 1 aromatic rings. The minimum Gasteiger partial charge on any atom is -0.374 e. The Balaban J connectivity index is 1.92. The van der Waals surface area contributed by atoms with Crippen molar-refractivity contribution in [2.24, 2.45) is 5.92 Å². The summed E-state index contributed by atoms with van der Waals surface area (Å²) < 4.78 is 0. The van der Waals surface area contributed by atoms with Gasteiger partial charge in [-0.15, -0.1) is 0 Å². The Morgan fingerprint density at radius 2 is 2.15 bits per heavy atom. The van der Waals surface area contributed by atoms with E-state index in [1.165, 1.54) is 5.69 Å². The number of nitrogens with one attached hydrogen (secondary N) is 1. The molecule has 0 amide bonds. The fourth-order valence-electron chi connectivity index (χ4n) is 1.57. The van der Waals surface area contributed by atoms with E-state index in [2.05, 4.69) is 22.2 Å². The van der Waals surface area contributed by atoms with E-state index in [1.54, 1.807) is 0 Å². The predicted octanol–water partition coefficient (Wildman–Crippen LogP) is 0.737. The maximum Gasteiger partial charge on any atom is 0.0394 e. The average molecular weight is 177 g/mol. The van der Waals surface area contributed by atoms with Gasteiger partial charge >= 0.3 is 0 Å². The highest BCUT2D eigenvalue weighted by Crippen LogP contribution is 2.13. The second-order valence-corrected chi connectivity index (χ2v) is 3.61. The first-order chi connectivity index (χ1) is 6.36. The van der Waals surface area contributed by atoms with E-state index in [4.69, 9.17) is 0 Å². The van der Waals surface area contributed by atoms with Crippen LogP contribution in [0.3, 0.4) is 0 Å². The van der Waals surface area contributed by atoms with Crippen molar-refractivity contribution in [3.8, 4) is 0 Å². The zero-order valence-corrected chi connectivity index (χ0v) is 7.90. The molecule has 3 heteroatoms. The number of anilines is 1. The summed E-state index contributed by atoms with van der Waals surface area (Å²) >= 11 is 0. The van der Waals surface area contributed by atoms with E-state index in [1.807, 2.05) is 24.5 Å². The van der Waals surface area contributed by atoms with E-state index in [0.29, 0.717) is 0 Å². The lowest BCUT2D eigenvalue weighted by atomic mass is 10.0. The molecule has 1 saturated heterocycles. The molecule has 1 fully saturated rings. The van der Waals surface area contributed by atoms with Gasteiger partial charge in [0.25, 0.3) is 0 Å². The number of aromatic nitrogens is 1. The zero-order chi connectivity index (χ0) is 9.10. The lowest BCUT2D eigenvalue weighted by molar-refractivity contribution is 0.353. The second kappa shape index (κ2) is 3.75. The Hall–Kier alpha value is -1.09. The number of pyridine rings is 1. The SMILES string of the molecule is CN(CC1CNC1)c1ccncc1. The van der Waals surface area contributed by atoms with E-state index < -0.39 is 0 Å². The lowest BCUT2D eigenvalue weighted by Crippen LogP contribution is -2.47. The minimum absolute atomic E-state index is 0.818. The van der Waals surface area contributed by atoms with Crippen LogP contribution in [0.15, 0.2) is 24.5 Å². The molecular formula is C10H15N3. The van der Waals surface area contributed by atoms with Crippen molar-refractivity contribution >= 4 is 5.69 Å². The van der Waals surface area contributed by atoms with Crippen LogP contribution in [0.25, 0.3) is 0 Å². The summed E-state index contributed by atoms with van der Waals surface area (Å²) in [5.74, 6) is 0.818. The molecule has 2 rings (SSSR count). The zero-order valence-electron chi connectivity index (χ0n) is 7.90. The lowest BCUT2D eigenvalue weighted by Gasteiger charge is -2.32. The van der Waals surface area contributed by atoms with Crippen molar-refractivity contribution in [2.45, 2.75) is 0 Å². The summed E-state index contributed by atoms with van der Waals surface area (Å²) in [6, 6.07) is 4.10. The molecule has 0 saturated carbocycles. The van der Waals surface area contributed by atoms with Crippen molar-refractivity contribution in [1.82, 2.24) is 10.3 Å². The van der Waals surface area contributed by atoms with Crippen molar-refractivity contribution in [1.29, 1.82) is 0 Å². The molecule has 0 radical (unpaired) electrons. The monoisotopic (exact) mass is 177 g/mol. The molecule has 2 heterocycles. The Labute approximate surface area is 78.8 Å². The molecule has 0 unspecified atom stereocenters. The highest BCUT2D eigenvalue weighted by Gasteiger charge is 2.18. The van der Waals surface area contributed by atoms with Crippen molar-refractivity contribution in [2.75, 3.05) is 31.6 Å². The van der Waals surface area contributed by atoms with Gasteiger partial charge in [-0.05, 0) is 12.1 Å². The fourth-order valence-corrected chi connectivity index (χ4v) is 1.57. The van der Waals surface area contributed by atoms with Gasteiger partial charge in [0.2, 0.25) is 0 Å². The third-order valence-electron chi connectivity index (χ3n) is 2.50. The Morgan fingerprint density at radius 1 is 1.46 bits per heavy atom. The van der Waals surface area contributed by atoms with E-state index in [9.17, 15) is 0 Å². The van der Waals surface area contributed by atoms with Crippen LogP contribution in [0.2, 0.25) is 0 Å². The number of hydrogen-bond acceptors (Lipinski definition) is 3. The molecule has 0 aromatic carbocycles. The molecule has 1 aliphatic heterocycles. The van der Waals surface area contributed by atoms with E-state index in [-0.39, 0.29) is 0 Å². The van der Waals surface area contributed by atoms with Crippen LogP contribution >= 0.6 is 0 Å². The first kappa shape index (κ1) is 8.51. The molecule has 1 aliphatic rings. The standard InChI is InChI=1S/C10H15N3/c1-13(8-9-6-12-7-9)10-2-4-11-5-3-10/h2-5,9,12H,6-8H2,1H3. The molecule has 3 nitrogen and oxygen atoms in total. The van der Waals surface area contributed by atoms with Crippen molar-refractivity contribution in [3.05, 3.63) is 24.5 Å². The van der Waals surface area contributed by atoms with E-state index in [0.717, 1.165) is 25.6 Å². The van der Waals surface area contributed by atoms with Crippen LogP contribution in [0.1, 0.15) is 0 Å². The van der Waals surface area contributed by atoms with Gasteiger partial charge in [-0.2, -0.15) is 0 Å². The van der Waals surface area contributed by atoms with Crippen LogP contribution in [-0.2, 0) is 0 Å². The maximum atomic E-state index is 4.00. The van der Waals surface area contributed by atoms with Crippen LogP contribution in [-0.4, -0.2) is 31.7 Å². The number of nitrogens with zero attached hydrogens (tertiary/aromatic N) is 2. The van der Waals surface area contributed by atoms with Gasteiger partial charge in [0.05, 0.1) is 0 Å². The number of hydrogen-bond donors (Lipinski definition) is 1. The van der Waals surface area contributed by atoms with Crippen molar-refractivity contribution in [3.63, 3.8) is 0 Å². The third-order valence-corrected chi connectivity index (χ3v) is 2.50. The summed E-state index contributed by atoms with van der Waals surface area (Å²) in [6.45, 7) is 3.46. The Kier molecular flexibility index (Phi) is 2.45. The molecule has 70 valence electrons. The summed E-state index contributed by atoms with van der Waals surface area (Å²) in [5, 5.41) is 3.28. The summed E-state index contributed by atoms with van der Waals surface area (Å²) in [4.78, 5) is 6.29. The molecule has 0 atom stereocenters. The highest BCUT2D eigenvalue weighted by molar-refractivity contribution is 5.43. The molecule has 1 aromatic heterocycles. The van der Waals surface area contributed by atoms with Gasteiger partial charge in [0, 0.05) is 50.7 Å². The normalized spacial score (nSPS) is 16.7. The van der Waals surface area contributed by atoms with Crippen LogP contribution < -0.4 is 10.2 Å². The van der Waals surface area contributed by atoms with E-state index >= 15 is 0 Å². The van der Waals surface area contributed by atoms with Crippen molar-refractivity contribution < 1.29 is 0 Å². The largest absolute Gasteiger partial charge is 0.374 e. The van der Waals surface area contributed by atoms with Gasteiger partial charge in [-0.3, -0.25) is 4.98 Å². The quantitative estimate of drug-likeness (QED) is 0.738. The summed E-state index contributed by atoms with van der Waals surface area (Å²) in [7, 11) is 2.13. The van der Waals surface area contributed by atoms with Gasteiger partial charge in [0.15, 0.2) is 0 Å². The smallest absolute Gasteiger partial charge is 0.0394 e. The Bertz CT molecular complexity index is 256. The maximum absolute atomic E-state index is 4.00.